The summed E-state index contributed by atoms with van der Waals surface area (Å²) >= 11 is 0. The van der Waals surface area contributed by atoms with Crippen molar-refractivity contribution in [1.29, 1.82) is 0 Å². The SMILES string of the molecule is CCCCCC(C)(C)c1nc(C(C)C)c(C(C)(C)CCC)[nH]1. The van der Waals surface area contributed by atoms with Crippen LogP contribution in [0.25, 0.3) is 0 Å². The van der Waals surface area contributed by atoms with E-state index in [0.717, 1.165) is 0 Å². The first-order valence-corrected chi connectivity index (χ1v) is 9.26. The van der Waals surface area contributed by atoms with Gasteiger partial charge in [-0.15, -0.1) is 0 Å². The quantitative estimate of drug-likeness (QED) is 0.520. The zero-order chi connectivity index (χ0) is 17.0. The largest absolute Gasteiger partial charge is 0.345 e. The molecule has 0 aromatic carbocycles. The molecular formula is C20H38N2. The minimum Gasteiger partial charge on any atom is -0.345 e. The number of hydrogen-bond donors (Lipinski definition) is 1. The first-order chi connectivity index (χ1) is 10.2. The predicted octanol–water partition coefficient (Wildman–Crippen LogP) is 6.47. The molecule has 1 rings (SSSR count). The number of imidazole rings is 1. The third-order valence-electron chi connectivity index (χ3n) is 4.88. The second kappa shape index (κ2) is 7.66. The van der Waals surface area contributed by atoms with Gasteiger partial charge < -0.3 is 4.98 Å². The van der Waals surface area contributed by atoms with E-state index in [4.69, 9.17) is 4.98 Å². The van der Waals surface area contributed by atoms with Crippen molar-refractivity contribution in [2.45, 2.75) is 111 Å². The summed E-state index contributed by atoms with van der Waals surface area (Å²) in [6, 6.07) is 0. The van der Waals surface area contributed by atoms with Gasteiger partial charge in [0.15, 0.2) is 0 Å². The Bertz CT molecular complexity index is 452. The molecule has 0 bridgehead atoms. The Hall–Kier alpha value is -0.790. The first kappa shape index (κ1) is 19.3. The number of H-pyrrole nitrogens is 1. The van der Waals surface area contributed by atoms with Gasteiger partial charge in [0.2, 0.25) is 0 Å². The summed E-state index contributed by atoms with van der Waals surface area (Å²) in [4.78, 5) is 8.80. The molecular weight excluding hydrogens is 268 g/mol. The minimum absolute atomic E-state index is 0.138. The van der Waals surface area contributed by atoms with E-state index >= 15 is 0 Å². The topological polar surface area (TPSA) is 28.7 Å². The smallest absolute Gasteiger partial charge is 0.112 e. The van der Waals surface area contributed by atoms with E-state index in [0.29, 0.717) is 5.92 Å². The van der Waals surface area contributed by atoms with Gasteiger partial charge in [0.1, 0.15) is 5.82 Å². The number of hydrogen-bond acceptors (Lipinski definition) is 1. The molecule has 0 radical (unpaired) electrons. The number of aromatic amines is 1. The number of nitrogens with zero attached hydrogens (tertiary/aromatic N) is 1. The average Bonchev–Trinajstić information content (AvgIpc) is 2.85. The van der Waals surface area contributed by atoms with Crippen LogP contribution in [0.1, 0.15) is 117 Å². The third kappa shape index (κ3) is 4.60. The van der Waals surface area contributed by atoms with Crippen LogP contribution in [0.15, 0.2) is 0 Å². The van der Waals surface area contributed by atoms with Gasteiger partial charge in [0.25, 0.3) is 0 Å². The number of aromatic nitrogens is 2. The van der Waals surface area contributed by atoms with Crippen molar-refractivity contribution in [3.05, 3.63) is 17.2 Å². The van der Waals surface area contributed by atoms with Crippen molar-refractivity contribution in [2.24, 2.45) is 0 Å². The third-order valence-corrected chi connectivity index (χ3v) is 4.88. The highest BCUT2D eigenvalue weighted by molar-refractivity contribution is 5.28. The second-order valence-electron chi connectivity index (χ2n) is 8.48. The summed E-state index contributed by atoms with van der Waals surface area (Å²) in [7, 11) is 0. The molecule has 0 saturated heterocycles. The molecule has 2 heteroatoms. The van der Waals surface area contributed by atoms with E-state index in [1.165, 1.54) is 55.7 Å². The number of rotatable bonds is 9. The predicted molar refractivity (Wildman–Crippen MR) is 97.8 cm³/mol. The Morgan fingerprint density at radius 1 is 0.909 bits per heavy atom. The van der Waals surface area contributed by atoms with Gasteiger partial charge in [-0.05, 0) is 18.8 Å². The highest BCUT2D eigenvalue weighted by atomic mass is 15.0. The van der Waals surface area contributed by atoms with Crippen LogP contribution >= 0.6 is 0 Å². The van der Waals surface area contributed by atoms with Gasteiger partial charge in [0, 0.05) is 16.5 Å². The lowest BCUT2D eigenvalue weighted by molar-refractivity contribution is 0.422. The molecule has 0 spiro atoms. The van der Waals surface area contributed by atoms with E-state index < -0.39 is 0 Å². The molecule has 0 saturated carbocycles. The van der Waals surface area contributed by atoms with Crippen LogP contribution in [0.5, 0.6) is 0 Å². The second-order valence-corrected chi connectivity index (χ2v) is 8.48. The Kier molecular flexibility index (Phi) is 6.70. The standard InChI is InChI=1S/C20H38N2/c1-9-11-12-14-20(7,8)18-21-16(15(3)4)17(22-18)19(5,6)13-10-2/h15H,9-14H2,1-8H3,(H,21,22). The molecule has 1 aromatic heterocycles. The van der Waals surface area contributed by atoms with E-state index in [2.05, 4.69) is 60.4 Å². The maximum absolute atomic E-state index is 5.05. The Morgan fingerprint density at radius 2 is 1.55 bits per heavy atom. The lowest BCUT2D eigenvalue weighted by Crippen LogP contribution is -2.21. The van der Waals surface area contributed by atoms with Gasteiger partial charge in [-0.25, -0.2) is 4.98 Å². The zero-order valence-corrected chi connectivity index (χ0v) is 16.3. The fourth-order valence-corrected chi connectivity index (χ4v) is 3.33. The Labute approximate surface area is 138 Å². The molecule has 128 valence electrons. The molecule has 0 aliphatic rings. The maximum Gasteiger partial charge on any atom is 0.112 e. The van der Waals surface area contributed by atoms with Crippen LogP contribution in [-0.2, 0) is 10.8 Å². The van der Waals surface area contributed by atoms with Crippen molar-refractivity contribution in [1.82, 2.24) is 9.97 Å². The highest BCUT2D eigenvalue weighted by Crippen LogP contribution is 2.36. The lowest BCUT2D eigenvalue weighted by atomic mass is 9.82. The molecule has 22 heavy (non-hydrogen) atoms. The Morgan fingerprint density at radius 3 is 2.05 bits per heavy atom. The van der Waals surface area contributed by atoms with Crippen molar-refractivity contribution in [3.8, 4) is 0 Å². The fourth-order valence-electron chi connectivity index (χ4n) is 3.33. The van der Waals surface area contributed by atoms with Gasteiger partial charge in [0.05, 0.1) is 5.69 Å². The average molecular weight is 307 g/mol. The van der Waals surface area contributed by atoms with E-state index in [1.54, 1.807) is 0 Å². The van der Waals surface area contributed by atoms with Crippen LogP contribution in [0.2, 0.25) is 0 Å². The zero-order valence-electron chi connectivity index (χ0n) is 16.3. The summed E-state index contributed by atoms with van der Waals surface area (Å²) in [5, 5.41) is 0. The summed E-state index contributed by atoms with van der Waals surface area (Å²) in [6.45, 7) is 18.4. The van der Waals surface area contributed by atoms with Crippen LogP contribution < -0.4 is 0 Å². The van der Waals surface area contributed by atoms with Crippen LogP contribution in [0.3, 0.4) is 0 Å². The van der Waals surface area contributed by atoms with E-state index in [9.17, 15) is 0 Å². The summed E-state index contributed by atoms with van der Waals surface area (Å²) < 4.78 is 0. The summed E-state index contributed by atoms with van der Waals surface area (Å²) in [6.07, 6.45) is 7.49. The van der Waals surface area contributed by atoms with Gasteiger partial charge in [-0.2, -0.15) is 0 Å². The van der Waals surface area contributed by atoms with Crippen LogP contribution in [0.4, 0.5) is 0 Å². The molecule has 1 N–H and O–H groups in total. The van der Waals surface area contributed by atoms with Crippen LogP contribution in [-0.4, -0.2) is 9.97 Å². The van der Waals surface area contributed by atoms with Crippen molar-refractivity contribution in [3.63, 3.8) is 0 Å². The normalized spacial score (nSPS) is 13.1. The molecule has 0 aliphatic heterocycles. The van der Waals surface area contributed by atoms with E-state index in [1.807, 2.05) is 0 Å². The van der Waals surface area contributed by atoms with E-state index in [-0.39, 0.29) is 10.8 Å². The molecule has 1 heterocycles. The minimum atomic E-state index is 0.138. The summed E-state index contributed by atoms with van der Waals surface area (Å²) in [5.41, 5.74) is 2.96. The molecule has 0 amide bonds. The molecule has 0 atom stereocenters. The molecule has 1 aromatic rings. The monoisotopic (exact) mass is 306 g/mol. The van der Waals surface area contributed by atoms with Crippen LogP contribution in [0, 0.1) is 0 Å². The molecule has 0 unspecified atom stereocenters. The number of unbranched alkanes of at least 4 members (excludes halogenated alkanes) is 2. The fraction of sp³-hybridized carbons (Fsp3) is 0.850. The molecule has 0 aliphatic carbocycles. The Balaban J connectivity index is 3.13. The lowest BCUT2D eigenvalue weighted by Gasteiger charge is -2.25. The summed E-state index contributed by atoms with van der Waals surface area (Å²) in [5.74, 6) is 1.66. The van der Waals surface area contributed by atoms with Crippen molar-refractivity contribution in [2.75, 3.05) is 0 Å². The number of nitrogens with one attached hydrogen (secondary N) is 1. The molecule has 0 fully saturated rings. The molecule has 2 nitrogen and oxygen atoms in total. The van der Waals surface area contributed by atoms with Gasteiger partial charge >= 0.3 is 0 Å². The van der Waals surface area contributed by atoms with Gasteiger partial charge in [-0.1, -0.05) is 81.1 Å². The van der Waals surface area contributed by atoms with Crippen molar-refractivity contribution >= 4 is 0 Å². The first-order valence-electron chi connectivity index (χ1n) is 9.26. The van der Waals surface area contributed by atoms with Gasteiger partial charge in [-0.3, -0.25) is 0 Å². The van der Waals surface area contributed by atoms with Crippen molar-refractivity contribution < 1.29 is 0 Å². The highest BCUT2D eigenvalue weighted by Gasteiger charge is 2.31. The maximum atomic E-state index is 5.05.